The number of amides is 1. The van der Waals surface area contributed by atoms with Gasteiger partial charge in [0.25, 0.3) is 11.6 Å². The first-order chi connectivity index (χ1) is 10.9. The summed E-state index contributed by atoms with van der Waals surface area (Å²) in [6.07, 6.45) is 2.95. The predicted octanol–water partition coefficient (Wildman–Crippen LogP) is 2.45. The molecule has 1 fully saturated rings. The Hall–Kier alpha value is -2.15. The lowest BCUT2D eigenvalue weighted by Gasteiger charge is -2.29. The molecule has 2 rings (SSSR count). The minimum Gasteiger partial charge on any atom is -0.398 e. The standard InChI is InChI=1S/C16H23N3O4/c1-11-3-4-12(9-11)18(7-8-23-2)16(20)14-10-13(19(21)22)5-6-15(14)17/h5-6,10-12H,3-4,7-9,17H2,1-2H3/t11-,12-/m1/s1. The summed E-state index contributed by atoms with van der Waals surface area (Å²) in [4.78, 5) is 25.1. The van der Waals surface area contributed by atoms with E-state index in [0.717, 1.165) is 19.3 Å². The number of carbonyl (C=O) groups is 1. The zero-order valence-corrected chi connectivity index (χ0v) is 13.5. The molecule has 1 aliphatic rings. The van der Waals surface area contributed by atoms with Crippen molar-refractivity contribution in [3.05, 3.63) is 33.9 Å². The lowest BCUT2D eigenvalue weighted by atomic mass is 10.1. The van der Waals surface area contributed by atoms with Crippen molar-refractivity contribution in [3.8, 4) is 0 Å². The Morgan fingerprint density at radius 3 is 2.78 bits per heavy atom. The highest BCUT2D eigenvalue weighted by atomic mass is 16.6. The monoisotopic (exact) mass is 321 g/mol. The largest absolute Gasteiger partial charge is 0.398 e. The van der Waals surface area contributed by atoms with E-state index in [4.69, 9.17) is 10.5 Å². The van der Waals surface area contributed by atoms with Gasteiger partial charge in [-0.05, 0) is 31.2 Å². The number of rotatable bonds is 6. The Morgan fingerprint density at radius 2 is 2.22 bits per heavy atom. The van der Waals surface area contributed by atoms with Gasteiger partial charge in [0.2, 0.25) is 0 Å². The van der Waals surface area contributed by atoms with Gasteiger partial charge in [-0.2, -0.15) is 0 Å². The van der Waals surface area contributed by atoms with Crippen LogP contribution in [0.2, 0.25) is 0 Å². The Kier molecular flexibility index (Phi) is 5.54. The number of hydrogen-bond donors (Lipinski definition) is 1. The quantitative estimate of drug-likeness (QED) is 0.493. The number of nitro groups is 1. The minimum atomic E-state index is -0.520. The van der Waals surface area contributed by atoms with Crippen LogP contribution in [0.5, 0.6) is 0 Å². The van der Waals surface area contributed by atoms with E-state index in [-0.39, 0.29) is 28.9 Å². The van der Waals surface area contributed by atoms with Crippen LogP contribution in [0.4, 0.5) is 11.4 Å². The third-order valence-corrected chi connectivity index (χ3v) is 4.38. The number of nitro benzene ring substituents is 1. The number of anilines is 1. The van der Waals surface area contributed by atoms with E-state index in [0.29, 0.717) is 19.1 Å². The summed E-state index contributed by atoms with van der Waals surface area (Å²) in [7, 11) is 1.58. The maximum absolute atomic E-state index is 12.9. The van der Waals surface area contributed by atoms with Gasteiger partial charge in [0.15, 0.2) is 0 Å². The molecule has 7 heteroatoms. The molecule has 0 heterocycles. The van der Waals surface area contributed by atoms with Crippen molar-refractivity contribution in [2.45, 2.75) is 32.2 Å². The van der Waals surface area contributed by atoms with E-state index in [1.165, 1.54) is 18.2 Å². The smallest absolute Gasteiger partial charge is 0.270 e. The highest BCUT2D eigenvalue weighted by molar-refractivity contribution is 6.00. The van der Waals surface area contributed by atoms with Crippen LogP contribution in [-0.4, -0.2) is 42.0 Å². The molecule has 0 aromatic heterocycles. The van der Waals surface area contributed by atoms with E-state index in [1.807, 2.05) is 0 Å². The summed E-state index contributed by atoms with van der Waals surface area (Å²) < 4.78 is 5.10. The van der Waals surface area contributed by atoms with E-state index < -0.39 is 4.92 Å². The van der Waals surface area contributed by atoms with Crippen LogP contribution < -0.4 is 5.73 Å². The molecule has 0 unspecified atom stereocenters. The zero-order valence-electron chi connectivity index (χ0n) is 13.5. The molecule has 0 radical (unpaired) electrons. The van der Waals surface area contributed by atoms with E-state index in [2.05, 4.69) is 6.92 Å². The third kappa shape index (κ3) is 3.98. The number of methoxy groups -OCH3 is 1. The summed E-state index contributed by atoms with van der Waals surface area (Å²) in [5.74, 6) is 0.308. The first-order valence-electron chi connectivity index (χ1n) is 7.77. The molecule has 1 amide bonds. The van der Waals surface area contributed by atoms with Gasteiger partial charge in [-0.15, -0.1) is 0 Å². The zero-order chi connectivity index (χ0) is 17.0. The average molecular weight is 321 g/mol. The molecule has 0 bridgehead atoms. The molecular formula is C16H23N3O4. The molecule has 0 aliphatic heterocycles. The number of nitrogen functional groups attached to an aromatic ring is 1. The molecule has 2 atom stereocenters. The maximum atomic E-state index is 12.9. The van der Waals surface area contributed by atoms with Gasteiger partial charge in [0, 0.05) is 37.5 Å². The Bertz CT molecular complexity index is 591. The van der Waals surface area contributed by atoms with E-state index >= 15 is 0 Å². The molecule has 1 aliphatic carbocycles. The topological polar surface area (TPSA) is 98.7 Å². The maximum Gasteiger partial charge on any atom is 0.270 e. The van der Waals surface area contributed by atoms with Crippen molar-refractivity contribution in [1.82, 2.24) is 4.90 Å². The molecule has 0 spiro atoms. The second-order valence-electron chi connectivity index (χ2n) is 6.09. The summed E-state index contributed by atoms with van der Waals surface area (Å²) in [5, 5.41) is 10.9. The van der Waals surface area contributed by atoms with Gasteiger partial charge in [-0.3, -0.25) is 14.9 Å². The van der Waals surface area contributed by atoms with Crippen LogP contribution in [0.25, 0.3) is 0 Å². The van der Waals surface area contributed by atoms with Gasteiger partial charge < -0.3 is 15.4 Å². The minimum absolute atomic E-state index is 0.131. The molecule has 2 N–H and O–H groups in total. The number of nitrogens with zero attached hydrogens (tertiary/aromatic N) is 2. The average Bonchev–Trinajstić information content (AvgIpc) is 2.94. The van der Waals surface area contributed by atoms with Gasteiger partial charge in [-0.1, -0.05) is 6.92 Å². The van der Waals surface area contributed by atoms with Gasteiger partial charge in [0.1, 0.15) is 0 Å². The summed E-state index contributed by atoms with van der Waals surface area (Å²) >= 11 is 0. The lowest BCUT2D eigenvalue weighted by Crippen LogP contribution is -2.41. The number of benzene rings is 1. The van der Waals surface area contributed by atoms with Crippen molar-refractivity contribution < 1.29 is 14.5 Å². The van der Waals surface area contributed by atoms with Gasteiger partial charge >= 0.3 is 0 Å². The molecule has 1 saturated carbocycles. The molecule has 1 aromatic carbocycles. The molecule has 23 heavy (non-hydrogen) atoms. The normalized spacial score (nSPS) is 20.4. The molecular weight excluding hydrogens is 298 g/mol. The predicted molar refractivity (Wildman–Crippen MR) is 87.2 cm³/mol. The van der Waals surface area contributed by atoms with Crippen LogP contribution in [0.1, 0.15) is 36.5 Å². The van der Waals surface area contributed by atoms with Crippen LogP contribution in [-0.2, 0) is 4.74 Å². The first kappa shape index (κ1) is 17.2. The molecule has 0 saturated heterocycles. The fourth-order valence-electron chi connectivity index (χ4n) is 3.10. The number of nitrogens with two attached hydrogens (primary N) is 1. The number of non-ortho nitro benzene ring substituents is 1. The van der Waals surface area contributed by atoms with Crippen LogP contribution in [0.15, 0.2) is 18.2 Å². The fraction of sp³-hybridized carbons (Fsp3) is 0.562. The van der Waals surface area contributed by atoms with Crippen molar-refractivity contribution >= 4 is 17.3 Å². The summed E-state index contributed by atoms with van der Waals surface area (Å²) in [6, 6.07) is 4.11. The molecule has 1 aromatic rings. The fourth-order valence-corrected chi connectivity index (χ4v) is 3.10. The lowest BCUT2D eigenvalue weighted by molar-refractivity contribution is -0.384. The Balaban J connectivity index is 2.29. The first-order valence-corrected chi connectivity index (χ1v) is 7.77. The van der Waals surface area contributed by atoms with Crippen LogP contribution >= 0.6 is 0 Å². The highest BCUT2D eigenvalue weighted by Gasteiger charge is 2.31. The number of hydrogen-bond acceptors (Lipinski definition) is 5. The van der Waals surface area contributed by atoms with Crippen molar-refractivity contribution in [3.63, 3.8) is 0 Å². The Morgan fingerprint density at radius 1 is 1.48 bits per heavy atom. The Labute approximate surface area is 135 Å². The van der Waals surface area contributed by atoms with Gasteiger partial charge in [0.05, 0.1) is 17.1 Å². The highest BCUT2D eigenvalue weighted by Crippen LogP contribution is 2.31. The summed E-state index contributed by atoms with van der Waals surface area (Å²) in [5.41, 5.74) is 6.20. The molecule has 126 valence electrons. The third-order valence-electron chi connectivity index (χ3n) is 4.38. The second kappa shape index (κ2) is 7.41. The van der Waals surface area contributed by atoms with E-state index in [9.17, 15) is 14.9 Å². The molecule has 7 nitrogen and oxygen atoms in total. The number of ether oxygens (including phenoxy) is 1. The van der Waals surface area contributed by atoms with Crippen molar-refractivity contribution in [2.75, 3.05) is 26.0 Å². The van der Waals surface area contributed by atoms with Crippen molar-refractivity contribution in [2.24, 2.45) is 5.92 Å². The van der Waals surface area contributed by atoms with Crippen LogP contribution in [0, 0.1) is 16.0 Å². The summed E-state index contributed by atoms with van der Waals surface area (Å²) in [6.45, 7) is 3.04. The van der Waals surface area contributed by atoms with Gasteiger partial charge in [-0.25, -0.2) is 0 Å². The SMILES string of the molecule is COCCN(C(=O)c1cc([N+](=O)[O-])ccc1N)[C@@H]1CC[C@@H](C)C1. The number of carbonyl (C=O) groups excluding carboxylic acids is 1. The second-order valence-corrected chi connectivity index (χ2v) is 6.09. The van der Waals surface area contributed by atoms with E-state index in [1.54, 1.807) is 12.0 Å². The van der Waals surface area contributed by atoms with Crippen molar-refractivity contribution in [1.29, 1.82) is 0 Å². The van der Waals surface area contributed by atoms with Crippen LogP contribution in [0.3, 0.4) is 0 Å².